The van der Waals surface area contributed by atoms with E-state index in [0.717, 1.165) is 11.1 Å². The van der Waals surface area contributed by atoms with Crippen molar-refractivity contribution in [3.05, 3.63) is 102 Å². The van der Waals surface area contributed by atoms with Crippen molar-refractivity contribution >= 4 is 17.6 Å². The molecule has 1 unspecified atom stereocenters. The van der Waals surface area contributed by atoms with Crippen molar-refractivity contribution in [2.75, 3.05) is 5.32 Å². The Morgan fingerprint density at radius 2 is 1.38 bits per heavy atom. The minimum Gasteiger partial charge on any atom is -0.334 e. The van der Waals surface area contributed by atoms with Gasteiger partial charge in [0.05, 0.1) is 0 Å². The van der Waals surface area contributed by atoms with Crippen LogP contribution in [0.15, 0.2) is 84.9 Å². The fraction of sp³-hybridized carbons (Fsp3) is 0.130. The molecule has 0 aliphatic rings. The van der Waals surface area contributed by atoms with Crippen LogP contribution in [-0.4, -0.2) is 18.0 Å². The summed E-state index contributed by atoms with van der Waals surface area (Å²) in [6.45, 7) is 0.351. The van der Waals surface area contributed by atoms with Crippen molar-refractivity contribution in [1.29, 1.82) is 0 Å². The number of amides is 3. The molecule has 5 nitrogen and oxygen atoms in total. The third-order valence-electron chi connectivity index (χ3n) is 4.31. The molecule has 0 fully saturated rings. The smallest absolute Gasteiger partial charge is 0.315 e. The molecule has 6 heteroatoms. The van der Waals surface area contributed by atoms with Crippen molar-refractivity contribution in [3.63, 3.8) is 0 Å². The van der Waals surface area contributed by atoms with Crippen LogP contribution in [0, 0.1) is 5.82 Å². The molecule has 0 bridgehead atoms. The van der Waals surface area contributed by atoms with Crippen LogP contribution in [0.1, 0.15) is 11.1 Å². The molecule has 29 heavy (non-hydrogen) atoms. The van der Waals surface area contributed by atoms with Gasteiger partial charge in [-0.25, -0.2) is 9.18 Å². The largest absolute Gasteiger partial charge is 0.334 e. The van der Waals surface area contributed by atoms with E-state index < -0.39 is 12.1 Å². The third-order valence-corrected chi connectivity index (χ3v) is 4.31. The highest BCUT2D eigenvalue weighted by Gasteiger charge is 2.21. The molecule has 0 aliphatic heterocycles. The van der Waals surface area contributed by atoms with E-state index in [1.807, 2.05) is 60.7 Å². The van der Waals surface area contributed by atoms with Crippen molar-refractivity contribution < 1.29 is 14.0 Å². The summed E-state index contributed by atoms with van der Waals surface area (Å²) in [5, 5.41) is 8.21. The number of anilines is 1. The quantitative estimate of drug-likeness (QED) is 0.572. The van der Waals surface area contributed by atoms with Crippen molar-refractivity contribution in [2.45, 2.75) is 19.0 Å². The van der Waals surface area contributed by atoms with Crippen LogP contribution < -0.4 is 16.0 Å². The second-order valence-electron chi connectivity index (χ2n) is 6.55. The summed E-state index contributed by atoms with van der Waals surface area (Å²) in [6, 6.07) is 23.2. The fourth-order valence-corrected chi connectivity index (χ4v) is 2.81. The summed E-state index contributed by atoms with van der Waals surface area (Å²) in [7, 11) is 0. The average Bonchev–Trinajstić information content (AvgIpc) is 2.75. The summed E-state index contributed by atoms with van der Waals surface area (Å²) in [6.07, 6.45) is 0.326. The summed E-state index contributed by atoms with van der Waals surface area (Å²) in [4.78, 5) is 25.1. The van der Waals surface area contributed by atoms with Gasteiger partial charge in [0.15, 0.2) is 0 Å². The first-order valence-corrected chi connectivity index (χ1v) is 9.29. The van der Waals surface area contributed by atoms with Gasteiger partial charge in [0, 0.05) is 18.7 Å². The highest BCUT2D eigenvalue weighted by molar-refractivity contribution is 5.97. The molecule has 1 atom stereocenters. The van der Waals surface area contributed by atoms with Crippen LogP contribution in [-0.2, 0) is 17.8 Å². The normalized spacial score (nSPS) is 11.3. The zero-order chi connectivity index (χ0) is 20.5. The van der Waals surface area contributed by atoms with Crippen molar-refractivity contribution in [2.24, 2.45) is 0 Å². The minimum absolute atomic E-state index is 0.326. The number of halogens is 1. The number of nitrogens with one attached hydrogen (secondary N) is 3. The first kappa shape index (κ1) is 20.1. The van der Waals surface area contributed by atoms with E-state index in [4.69, 9.17) is 0 Å². The van der Waals surface area contributed by atoms with Gasteiger partial charge in [-0.15, -0.1) is 0 Å². The maximum atomic E-state index is 13.1. The SMILES string of the molecule is O=C(NCc1ccccc1)NC(Cc1ccccc1)C(=O)Nc1ccc(F)cc1. The van der Waals surface area contributed by atoms with Crippen LogP contribution in [0.25, 0.3) is 0 Å². The maximum absolute atomic E-state index is 13.1. The number of rotatable bonds is 7. The number of carbonyl (C=O) groups excluding carboxylic acids is 2. The molecule has 0 aromatic heterocycles. The molecular formula is C23H22FN3O2. The Morgan fingerprint density at radius 1 is 0.793 bits per heavy atom. The maximum Gasteiger partial charge on any atom is 0.315 e. The van der Waals surface area contributed by atoms with E-state index in [1.165, 1.54) is 24.3 Å². The lowest BCUT2D eigenvalue weighted by Gasteiger charge is -2.19. The van der Waals surface area contributed by atoms with E-state index in [2.05, 4.69) is 16.0 Å². The zero-order valence-corrected chi connectivity index (χ0v) is 15.8. The molecule has 148 valence electrons. The number of hydrogen-bond donors (Lipinski definition) is 3. The number of hydrogen-bond acceptors (Lipinski definition) is 2. The molecule has 0 aliphatic carbocycles. The topological polar surface area (TPSA) is 70.2 Å². The van der Waals surface area contributed by atoms with E-state index in [9.17, 15) is 14.0 Å². The molecule has 0 spiro atoms. The lowest BCUT2D eigenvalue weighted by molar-refractivity contribution is -0.117. The van der Waals surface area contributed by atoms with E-state index in [0.29, 0.717) is 18.7 Å². The molecule has 0 saturated carbocycles. The van der Waals surface area contributed by atoms with Crippen molar-refractivity contribution in [3.8, 4) is 0 Å². The van der Waals surface area contributed by atoms with Gasteiger partial charge >= 0.3 is 6.03 Å². The lowest BCUT2D eigenvalue weighted by atomic mass is 10.1. The van der Waals surface area contributed by atoms with Gasteiger partial charge in [-0.1, -0.05) is 60.7 Å². The standard InChI is InChI=1S/C23H22FN3O2/c24-19-11-13-20(14-12-19)26-22(28)21(15-17-7-3-1-4-8-17)27-23(29)25-16-18-9-5-2-6-10-18/h1-14,21H,15-16H2,(H,26,28)(H2,25,27,29). The summed E-state index contributed by atoms with van der Waals surface area (Å²) in [5.74, 6) is -0.766. The van der Waals surface area contributed by atoms with Gasteiger partial charge in [-0.3, -0.25) is 4.79 Å². The van der Waals surface area contributed by atoms with Gasteiger partial charge in [-0.05, 0) is 35.4 Å². The Hall–Kier alpha value is -3.67. The summed E-state index contributed by atoms with van der Waals surface area (Å²) >= 11 is 0. The number of carbonyl (C=O) groups is 2. The molecule has 0 radical (unpaired) electrons. The monoisotopic (exact) mass is 391 g/mol. The highest BCUT2D eigenvalue weighted by Crippen LogP contribution is 2.10. The molecule has 0 heterocycles. The van der Waals surface area contributed by atoms with E-state index in [-0.39, 0.29) is 11.7 Å². The fourth-order valence-electron chi connectivity index (χ4n) is 2.81. The van der Waals surface area contributed by atoms with Gasteiger partial charge in [0.1, 0.15) is 11.9 Å². The van der Waals surface area contributed by atoms with Crippen LogP contribution in [0.3, 0.4) is 0 Å². The van der Waals surface area contributed by atoms with Crippen LogP contribution in [0.5, 0.6) is 0 Å². The van der Waals surface area contributed by atoms with E-state index >= 15 is 0 Å². The molecule has 3 aromatic carbocycles. The molecule has 3 N–H and O–H groups in total. The third kappa shape index (κ3) is 6.46. The predicted molar refractivity (Wildman–Crippen MR) is 111 cm³/mol. The molecule has 0 saturated heterocycles. The Morgan fingerprint density at radius 3 is 2.00 bits per heavy atom. The Bertz CT molecular complexity index is 931. The Labute approximate surface area is 169 Å². The summed E-state index contributed by atoms with van der Waals surface area (Å²) < 4.78 is 13.1. The van der Waals surface area contributed by atoms with Gasteiger partial charge in [0.2, 0.25) is 5.91 Å². The van der Waals surface area contributed by atoms with Crippen molar-refractivity contribution in [1.82, 2.24) is 10.6 Å². The Balaban J connectivity index is 1.65. The molecule has 3 aromatic rings. The van der Waals surface area contributed by atoms with Gasteiger partial charge < -0.3 is 16.0 Å². The lowest BCUT2D eigenvalue weighted by Crippen LogP contribution is -2.49. The zero-order valence-electron chi connectivity index (χ0n) is 15.8. The van der Waals surface area contributed by atoms with Crippen LogP contribution in [0.2, 0.25) is 0 Å². The van der Waals surface area contributed by atoms with Gasteiger partial charge in [-0.2, -0.15) is 0 Å². The van der Waals surface area contributed by atoms with Gasteiger partial charge in [0.25, 0.3) is 0 Å². The highest BCUT2D eigenvalue weighted by atomic mass is 19.1. The minimum atomic E-state index is -0.793. The van der Waals surface area contributed by atoms with E-state index in [1.54, 1.807) is 0 Å². The predicted octanol–water partition coefficient (Wildman–Crippen LogP) is 3.87. The summed E-state index contributed by atoms with van der Waals surface area (Å²) in [5.41, 5.74) is 2.33. The second-order valence-corrected chi connectivity index (χ2v) is 6.55. The molecule has 3 rings (SSSR count). The number of urea groups is 1. The molecular weight excluding hydrogens is 369 g/mol. The Kier molecular flexibility index (Phi) is 6.95. The molecule has 3 amide bonds. The van der Waals surface area contributed by atoms with Crippen LogP contribution >= 0.6 is 0 Å². The van der Waals surface area contributed by atoms with Crippen LogP contribution in [0.4, 0.5) is 14.9 Å². The second kappa shape index (κ2) is 10.0. The first-order valence-electron chi connectivity index (χ1n) is 9.29. The first-order chi connectivity index (χ1) is 14.1. The average molecular weight is 391 g/mol. The number of benzene rings is 3.